The predicted molar refractivity (Wildman–Crippen MR) is 194 cm³/mol. The number of nitrogens with zero attached hydrogens (tertiary/aromatic N) is 2. The molecule has 273 valence electrons. The fourth-order valence-corrected chi connectivity index (χ4v) is 6.10. The molecular weight excluding hydrogens is 604 g/mol. The fraction of sp³-hybridized carbons (Fsp3) is 0.769. The number of amidine groups is 1. The molecule has 1 aliphatic heterocycles. The molecule has 1 unspecified atom stereocenters. The quantitative estimate of drug-likeness (QED) is 0.0615. The van der Waals surface area contributed by atoms with Crippen LogP contribution in [0.15, 0.2) is 24.3 Å². The van der Waals surface area contributed by atoms with Crippen LogP contribution in [0.25, 0.3) is 0 Å². The lowest BCUT2D eigenvalue weighted by molar-refractivity contribution is -0.539. The summed E-state index contributed by atoms with van der Waals surface area (Å²) in [6.07, 6.45) is 21.7. The molecule has 9 heteroatoms. The number of hydrogen-bond donors (Lipinski definition) is 2. The smallest absolute Gasteiger partial charge is 0.316 e. The van der Waals surface area contributed by atoms with Gasteiger partial charge in [0, 0.05) is 11.8 Å². The Morgan fingerprint density at radius 1 is 0.812 bits per heavy atom. The maximum Gasteiger partial charge on any atom is 0.316 e. The first-order chi connectivity index (χ1) is 22.9. The number of carbonyl (C=O) groups excluding carboxylic acids is 2. The molecule has 0 saturated heterocycles. The van der Waals surface area contributed by atoms with Crippen molar-refractivity contribution < 1.29 is 24.3 Å². The molecule has 2 rings (SSSR count). The first kappa shape index (κ1) is 41.4. The highest BCUT2D eigenvalue weighted by atomic mass is 16.5. The third-order valence-corrected chi connectivity index (χ3v) is 10.5. The monoisotopic (exact) mass is 672 g/mol. The number of nitrogens with one attached hydrogen (secondary N) is 2. The van der Waals surface area contributed by atoms with Gasteiger partial charge in [0.05, 0.1) is 5.56 Å². The van der Waals surface area contributed by atoms with Gasteiger partial charge in [-0.15, -0.1) is 0 Å². The molecule has 9 nitrogen and oxygen atoms in total. The molecule has 0 saturated carbocycles. The Morgan fingerprint density at radius 3 is 1.73 bits per heavy atom. The maximum atomic E-state index is 13.0. The second-order valence-corrected chi connectivity index (χ2v) is 14.9. The van der Waals surface area contributed by atoms with E-state index in [4.69, 9.17) is 4.74 Å². The Morgan fingerprint density at radius 2 is 1.29 bits per heavy atom. The lowest BCUT2D eigenvalue weighted by Crippen LogP contribution is -2.53. The highest BCUT2D eigenvalue weighted by molar-refractivity contribution is 5.96. The molecule has 2 N–H and O–H groups in total. The largest absolute Gasteiger partial charge is 0.714 e. The van der Waals surface area contributed by atoms with Gasteiger partial charge < -0.3 is 20.6 Å². The normalized spacial score (nSPS) is 16.5. The van der Waals surface area contributed by atoms with Gasteiger partial charge in [0.2, 0.25) is 5.91 Å². The van der Waals surface area contributed by atoms with Crippen LogP contribution in [0.5, 0.6) is 5.75 Å². The topological polar surface area (TPSA) is 117 Å². The highest BCUT2D eigenvalue weighted by Crippen LogP contribution is 2.37. The van der Waals surface area contributed by atoms with Crippen molar-refractivity contribution in [3.8, 4) is 5.75 Å². The molecule has 2 atom stereocenters. The highest BCUT2D eigenvalue weighted by Gasteiger charge is 2.59. The molecule has 0 bridgehead atoms. The van der Waals surface area contributed by atoms with Gasteiger partial charge in [-0.1, -0.05) is 129 Å². The Labute approximate surface area is 291 Å². The predicted octanol–water partition coefficient (Wildman–Crippen LogP) is 8.45. The van der Waals surface area contributed by atoms with E-state index in [-0.39, 0.29) is 30.2 Å². The number of ether oxygens (including phenoxy) is 1. The summed E-state index contributed by atoms with van der Waals surface area (Å²) in [5.41, 5.74) is -1.32. The molecule has 1 radical (unpaired) electrons. The number of amides is 2. The van der Waals surface area contributed by atoms with Gasteiger partial charge in [0.15, 0.2) is 12.1 Å². The van der Waals surface area contributed by atoms with Crippen LogP contribution < -0.4 is 15.4 Å². The average molecular weight is 672 g/mol. The van der Waals surface area contributed by atoms with Gasteiger partial charge in [-0.3, -0.25) is 14.3 Å². The van der Waals surface area contributed by atoms with Gasteiger partial charge in [-0.05, 0) is 64.3 Å². The Balaban J connectivity index is 1.64. The number of benzene rings is 1. The molecular formula is C39H67N4O5. The average Bonchev–Trinajstić information content (AvgIpc) is 3.18. The van der Waals surface area contributed by atoms with Gasteiger partial charge in [0.25, 0.3) is 5.91 Å². The van der Waals surface area contributed by atoms with Crippen LogP contribution in [0.4, 0.5) is 0 Å². The molecule has 1 heterocycles. The number of hydrogen-bond acceptors (Lipinski definition) is 5. The van der Waals surface area contributed by atoms with E-state index in [1.54, 1.807) is 52.0 Å². The maximum absolute atomic E-state index is 13.0. The summed E-state index contributed by atoms with van der Waals surface area (Å²) in [4.78, 5) is 25.8. The number of rotatable bonds is 25. The van der Waals surface area contributed by atoms with E-state index in [2.05, 4.69) is 17.6 Å². The number of hydroxylamine groups is 3. The van der Waals surface area contributed by atoms with E-state index in [1.165, 1.54) is 89.9 Å². The summed E-state index contributed by atoms with van der Waals surface area (Å²) in [5.74, 6) is -0.0925. The van der Waals surface area contributed by atoms with Gasteiger partial charge in [-0.2, -0.15) is 0 Å². The van der Waals surface area contributed by atoms with E-state index in [1.807, 2.05) is 13.8 Å². The summed E-state index contributed by atoms with van der Waals surface area (Å²) in [6, 6.07) is 5.92. The van der Waals surface area contributed by atoms with Gasteiger partial charge in [0.1, 0.15) is 17.3 Å². The SMILES string of the molecule is CCCCCCCCCCCCCCCCCCNC(=O)[C@@H](NC(=O)COc1ccc(C2=[N+]([O-])C(C)(C)C(C)(C)N2[O])cc1)C(C)CC. The van der Waals surface area contributed by atoms with E-state index in [9.17, 15) is 20.0 Å². The van der Waals surface area contributed by atoms with E-state index in [0.717, 1.165) is 29.1 Å². The molecule has 1 aromatic rings. The van der Waals surface area contributed by atoms with Crippen LogP contribution in [0.3, 0.4) is 0 Å². The van der Waals surface area contributed by atoms with E-state index >= 15 is 0 Å². The van der Waals surface area contributed by atoms with Crippen molar-refractivity contribution in [3.63, 3.8) is 0 Å². The van der Waals surface area contributed by atoms with Crippen LogP contribution in [-0.2, 0) is 14.8 Å². The minimum Gasteiger partial charge on any atom is -0.714 e. The van der Waals surface area contributed by atoms with Crippen LogP contribution in [0.1, 0.15) is 163 Å². The Bertz CT molecular complexity index is 1120. The van der Waals surface area contributed by atoms with Gasteiger partial charge in [-0.25, -0.2) is 0 Å². The van der Waals surface area contributed by atoms with Crippen molar-refractivity contribution in [1.82, 2.24) is 15.7 Å². The fourth-order valence-electron chi connectivity index (χ4n) is 6.10. The third kappa shape index (κ3) is 12.6. The van der Waals surface area contributed by atoms with E-state index < -0.39 is 17.1 Å². The third-order valence-electron chi connectivity index (χ3n) is 10.5. The van der Waals surface area contributed by atoms with Crippen LogP contribution in [0, 0.1) is 11.1 Å². The summed E-state index contributed by atoms with van der Waals surface area (Å²) < 4.78 is 6.44. The zero-order valence-corrected chi connectivity index (χ0v) is 31.3. The lowest BCUT2D eigenvalue weighted by atomic mass is 9.84. The summed E-state index contributed by atoms with van der Waals surface area (Å²) >= 11 is 0. The van der Waals surface area contributed by atoms with Crippen molar-refractivity contribution in [2.45, 2.75) is 175 Å². The molecule has 0 aromatic heterocycles. The molecule has 1 aromatic carbocycles. The van der Waals surface area contributed by atoms with Gasteiger partial charge >= 0.3 is 5.84 Å². The van der Waals surface area contributed by atoms with Crippen molar-refractivity contribution in [2.24, 2.45) is 5.92 Å². The summed E-state index contributed by atoms with van der Waals surface area (Å²) in [7, 11) is 0. The number of unbranched alkanes of at least 4 members (excludes halogenated alkanes) is 15. The zero-order chi connectivity index (χ0) is 35.6. The van der Waals surface area contributed by atoms with Crippen molar-refractivity contribution >= 4 is 17.6 Å². The molecule has 48 heavy (non-hydrogen) atoms. The van der Waals surface area contributed by atoms with Crippen LogP contribution in [0.2, 0.25) is 0 Å². The minimum absolute atomic E-state index is 0.0268. The lowest BCUT2D eigenvalue weighted by Gasteiger charge is -2.32. The van der Waals surface area contributed by atoms with E-state index in [0.29, 0.717) is 17.9 Å². The zero-order valence-electron chi connectivity index (χ0n) is 31.3. The second kappa shape index (κ2) is 21.3. The standard InChI is InChI=1S/C39H67N4O5/c1-8-10-11-12-13-14-15-16-17-18-19-20-21-22-23-24-29-40-36(45)35(31(3)9-2)41-34(44)30-48-33-27-25-32(26-28-33)37-42(46)38(4,5)39(6,7)43(37)47/h25-28,31,35H,8-24,29-30H2,1-7H3,(H,40,45)(H,41,44)/t31?,35-/m0/s1. The summed E-state index contributed by atoms with van der Waals surface area (Å²) in [5, 5.41) is 32.5. The van der Waals surface area contributed by atoms with Crippen molar-refractivity contribution in [2.75, 3.05) is 13.2 Å². The second-order valence-electron chi connectivity index (χ2n) is 14.9. The molecule has 2 amide bonds. The number of carbonyl (C=O) groups is 2. The summed E-state index contributed by atoms with van der Waals surface area (Å²) in [6.45, 7) is 13.6. The Kier molecular flexibility index (Phi) is 18.4. The molecule has 0 aliphatic carbocycles. The van der Waals surface area contributed by atoms with Crippen LogP contribution in [-0.4, -0.2) is 57.7 Å². The molecule has 1 aliphatic rings. The van der Waals surface area contributed by atoms with Crippen molar-refractivity contribution in [1.29, 1.82) is 0 Å². The molecule has 0 spiro atoms. The molecule has 0 fully saturated rings. The first-order valence-corrected chi connectivity index (χ1v) is 19.0. The Hall–Kier alpha value is -2.81. The minimum atomic E-state index is -0.901. The van der Waals surface area contributed by atoms with Crippen molar-refractivity contribution in [3.05, 3.63) is 35.0 Å². The first-order valence-electron chi connectivity index (χ1n) is 19.0. The van der Waals surface area contributed by atoms with Crippen LogP contribution >= 0.6 is 0 Å².